The summed E-state index contributed by atoms with van der Waals surface area (Å²) in [5.74, 6) is -0.0410. The third kappa shape index (κ3) is 3.99. The molecule has 80 valence electrons. The molecule has 1 aromatic heterocycles. The molecule has 0 aliphatic heterocycles. The highest BCUT2D eigenvalue weighted by molar-refractivity contribution is 7.99. The minimum Gasteiger partial charge on any atom is -0.478 e. The molecule has 0 saturated heterocycles. The minimum atomic E-state index is -0.944. The number of carboxylic acids is 1. The number of rotatable bonds is 4. The first-order chi connectivity index (χ1) is 7.09. The van der Waals surface area contributed by atoms with Crippen LogP contribution < -0.4 is 5.73 Å². The van der Waals surface area contributed by atoms with E-state index in [4.69, 9.17) is 10.8 Å². The molecular weight excluding hydrogens is 214 g/mol. The highest BCUT2D eigenvalue weighted by Crippen LogP contribution is 2.21. The standard InChI is InChI=1S/C9H11N3O2S/c1-6(4-7(13)14)5-15-9-8(10)11-2-3-12-9/h2-4H,5H2,1H3,(H2,10,11)(H,13,14). The van der Waals surface area contributed by atoms with Crippen LogP contribution in [0.5, 0.6) is 0 Å². The van der Waals surface area contributed by atoms with Crippen molar-refractivity contribution in [1.29, 1.82) is 0 Å². The Labute approximate surface area is 91.4 Å². The van der Waals surface area contributed by atoms with Crippen LogP contribution in [0, 0.1) is 0 Å². The van der Waals surface area contributed by atoms with Crippen LogP contribution in [0.4, 0.5) is 5.82 Å². The third-order valence-corrected chi connectivity index (χ3v) is 2.69. The predicted molar refractivity (Wildman–Crippen MR) is 58.6 cm³/mol. The SMILES string of the molecule is CC(=CC(=O)O)CSc1nccnc1N. The van der Waals surface area contributed by atoms with Gasteiger partial charge in [0.2, 0.25) is 0 Å². The lowest BCUT2D eigenvalue weighted by Gasteiger charge is -2.02. The van der Waals surface area contributed by atoms with E-state index in [1.54, 1.807) is 13.1 Å². The predicted octanol–water partition coefficient (Wildman–Crippen LogP) is 1.18. The van der Waals surface area contributed by atoms with Gasteiger partial charge in [0, 0.05) is 24.2 Å². The van der Waals surface area contributed by atoms with Crippen molar-refractivity contribution in [3.63, 3.8) is 0 Å². The van der Waals surface area contributed by atoms with Crippen molar-refractivity contribution in [2.75, 3.05) is 11.5 Å². The molecule has 1 heterocycles. The summed E-state index contributed by atoms with van der Waals surface area (Å²) in [4.78, 5) is 18.3. The molecule has 0 saturated carbocycles. The molecule has 3 N–H and O–H groups in total. The molecule has 6 heteroatoms. The zero-order valence-corrected chi connectivity index (χ0v) is 8.99. The van der Waals surface area contributed by atoms with Crippen LogP contribution in [0.2, 0.25) is 0 Å². The van der Waals surface area contributed by atoms with E-state index in [1.807, 2.05) is 0 Å². The van der Waals surface area contributed by atoms with Crippen molar-refractivity contribution in [3.8, 4) is 0 Å². The minimum absolute atomic E-state index is 0.366. The fourth-order valence-corrected chi connectivity index (χ4v) is 1.67. The number of aliphatic carboxylic acids is 1. The lowest BCUT2D eigenvalue weighted by molar-refractivity contribution is -0.131. The van der Waals surface area contributed by atoms with Crippen LogP contribution in [-0.4, -0.2) is 26.8 Å². The number of carboxylic acid groups (broad SMARTS) is 1. The smallest absolute Gasteiger partial charge is 0.328 e. The summed E-state index contributed by atoms with van der Waals surface area (Å²) in [7, 11) is 0. The highest BCUT2D eigenvalue weighted by Gasteiger charge is 2.02. The van der Waals surface area contributed by atoms with Gasteiger partial charge in [-0.2, -0.15) is 0 Å². The van der Waals surface area contributed by atoms with Gasteiger partial charge in [0.15, 0.2) is 5.82 Å². The van der Waals surface area contributed by atoms with Crippen LogP contribution in [0.3, 0.4) is 0 Å². The first-order valence-electron chi connectivity index (χ1n) is 4.19. The zero-order valence-electron chi connectivity index (χ0n) is 8.17. The normalized spacial score (nSPS) is 11.4. The van der Waals surface area contributed by atoms with Crippen LogP contribution in [0.1, 0.15) is 6.92 Å². The Morgan fingerprint density at radius 1 is 1.60 bits per heavy atom. The molecule has 0 aliphatic rings. The van der Waals surface area contributed by atoms with Gasteiger partial charge < -0.3 is 10.8 Å². The number of nitrogen functional groups attached to an aromatic ring is 1. The van der Waals surface area contributed by atoms with Gasteiger partial charge in [-0.05, 0) is 6.92 Å². The summed E-state index contributed by atoms with van der Waals surface area (Å²) in [5, 5.41) is 9.12. The van der Waals surface area contributed by atoms with E-state index in [-0.39, 0.29) is 0 Å². The Balaban J connectivity index is 2.58. The Bertz CT molecular complexity index is 393. The molecule has 0 spiro atoms. The van der Waals surface area contributed by atoms with Gasteiger partial charge in [0.1, 0.15) is 5.03 Å². The molecule has 5 nitrogen and oxygen atoms in total. The number of nitrogens with zero attached hydrogens (tertiary/aromatic N) is 2. The lowest BCUT2D eigenvalue weighted by atomic mass is 10.3. The number of aromatic nitrogens is 2. The van der Waals surface area contributed by atoms with Crippen molar-refractivity contribution in [3.05, 3.63) is 24.0 Å². The van der Waals surface area contributed by atoms with Crippen molar-refractivity contribution in [2.24, 2.45) is 0 Å². The monoisotopic (exact) mass is 225 g/mol. The molecule has 0 bridgehead atoms. The topological polar surface area (TPSA) is 89.1 Å². The molecule has 0 aliphatic carbocycles. The van der Waals surface area contributed by atoms with E-state index in [2.05, 4.69) is 9.97 Å². The summed E-state index contributed by atoms with van der Waals surface area (Å²) in [6, 6.07) is 0. The number of hydrogen-bond acceptors (Lipinski definition) is 5. The fourth-order valence-electron chi connectivity index (χ4n) is 0.882. The number of carbonyl (C=O) groups is 1. The van der Waals surface area contributed by atoms with Gasteiger partial charge in [-0.25, -0.2) is 14.8 Å². The van der Waals surface area contributed by atoms with Gasteiger partial charge in [0.05, 0.1) is 0 Å². The molecule has 0 atom stereocenters. The van der Waals surface area contributed by atoms with Crippen LogP contribution in [0.15, 0.2) is 29.1 Å². The molecule has 0 radical (unpaired) electrons. The molecule has 0 amide bonds. The average Bonchev–Trinajstić information content (AvgIpc) is 2.15. The first-order valence-corrected chi connectivity index (χ1v) is 5.17. The maximum Gasteiger partial charge on any atom is 0.328 e. The summed E-state index contributed by atoms with van der Waals surface area (Å²) >= 11 is 1.37. The second-order valence-electron chi connectivity index (χ2n) is 2.86. The largest absolute Gasteiger partial charge is 0.478 e. The lowest BCUT2D eigenvalue weighted by Crippen LogP contribution is -1.96. The molecule has 1 aromatic rings. The van der Waals surface area contributed by atoms with Crippen LogP contribution in [-0.2, 0) is 4.79 Å². The van der Waals surface area contributed by atoms with Crippen molar-refractivity contribution in [1.82, 2.24) is 9.97 Å². The van der Waals surface area contributed by atoms with Gasteiger partial charge in [-0.1, -0.05) is 17.3 Å². The molecule has 15 heavy (non-hydrogen) atoms. The average molecular weight is 225 g/mol. The third-order valence-electron chi connectivity index (χ3n) is 1.50. The van der Waals surface area contributed by atoms with Gasteiger partial charge >= 0.3 is 5.97 Å². The molecule has 1 rings (SSSR count). The van der Waals surface area contributed by atoms with E-state index in [9.17, 15) is 4.79 Å². The zero-order chi connectivity index (χ0) is 11.3. The first kappa shape index (κ1) is 11.5. The van der Waals surface area contributed by atoms with Crippen LogP contribution in [0.25, 0.3) is 0 Å². The Morgan fingerprint density at radius 2 is 2.27 bits per heavy atom. The molecule has 0 aromatic carbocycles. The Kier molecular flexibility index (Phi) is 4.11. The fraction of sp³-hybridized carbons (Fsp3) is 0.222. The highest BCUT2D eigenvalue weighted by atomic mass is 32.2. The molecular formula is C9H11N3O2S. The van der Waals surface area contributed by atoms with Crippen molar-refractivity contribution in [2.45, 2.75) is 11.9 Å². The number of anilines is 1. The number of hydrogen-bond donors (Lipinski definition) is 2. The van der Waals surface area contributed by atoms with E-state index in [1.165, 1.54) is 24.0 Å². The van der Waals surface area contributed by atoms with Gasteiger partial charge in [-0.3, -0.25) is 0 Å². The number of thioether (sulfide) groups is 1. The summed E-state index contributed by atoms with van der Waals surface area (Å²) in [6.45, 7) is 1.74. The van der Waals surface area contributed by atoms with E-state index >= 15 is 0 Å². The maximum atomic E-state index is 10.3. The van der Waals surface area contributed by atoms with Crippen LogP contribution >= 0.6 is 11.8 Å². The van der Waals surface area contributed by atoms with Crippen molar-refractivity contribution >= 4 is 23.5 Å². The summed E-state index contributed by atoms with van der Waals surface area (Å²) in [6.07, 6.45) is 4.23. The van der Waals surface area contributed by atoms with Crippen molar-refractivity contribution < 1.29 is 9.90 Å². The molecule has 0 unspecified atom stereocenters. The Hall–Kier alpha value is -1.56. The Morgan fingerprint density at radius 3 is 2.87 bits per heavy atom. The summed E-state index contributed by atoms with van der Waals surface area (Å²) in [5.41, 5.74) is 6.33. The number of nitrogens with two attached hydrogens (primary N) is 1. The van der Waals surface area contributed by atoms with E-state index < -0.39 is 5.97 Å². The molecule has 0 fully saturated rings. The summed E-state index contributed by atoms with van der Waals surface area (Å²) < 4.78 is 0. The maximum absolute atomic E-state index is 10.3. The second kappa shape index (κ2) is 5.35. The van der Waals surface area contributed by atoms with Gasteiger partial charge in [-0.15, -0.1) is 0 Å². The van der Waals surface area contributed by atoms with E-state index in [0.717, 1.165) is 5.57 Å². The quantitative estimate of drug-likeness (QED) is 0.591. The second-order valence-corrected chi connectivity index (χ2v) is 3.83. The van der Waals surface area contributed by atoms with E-state index in [0.29, 0.717) is 16.6 Å². The van der Waals surface area contributed by atoms with Gasteiger partial charge in [0.25, 0.3) is 0 Å².